The SMILES string of the molecule is CC(C)CC1O[C@H]1[C@@H](C)C1CCC2C3=CC=C4CC(O)CCC4(C)C3CCC21C. The highest BCUT2D eigenvalue weighted by molar-refractivity contribution is 5.39. The van der Waals surface area contributed by atoms with E-state index in [9.17, 15) is 5.11 Å². The Bertz CT molecular complexity index is 720. The molecule has 2 nitrogen and oxygen atoms in total. The van der Waals surface area contributed by atoms with Gasteiger partial charge >= 0.3 is 0 Å². The second-order valence-electron chi connectivity index (χ2n) is 12.1. The lowest BCUT2D eigenvalue weighted by atomic mass is 9.50. The van der Waals surface area contributed by atoms with Gasteiger partial charge in [0.1, 0.15) is 0 Å². The molecule has 5 aliphatic rings. The molecule has 0 aromatic rings. The Kier molecular flexibility index (Phi) is 4.87. The number of fused-ring (bicyclic) bond motifs is 5. The average molecular weight is 399 g/mol. The number of rotatable bonds is 4. The molecule has 9 atom stereocenters. The maximum Gasteiger partial charge on any atom is 0.0870 e. The van der Waals surface area contributed by atoms with Crippen LogP contribution < -0.4 is 0 Å². The average Bonchev–Trinajstić information content (AvgIpc) is 3.32. The second-order valence-corrected chi connectivity index (χ2v) is 12.1. The van der Waals surface area contributed by atoms with E-state index in [1.54, 1.807) is 5.57 Å². The lowest BCUT2D eigenvalue weighted by Crippen LogP contribution is -2.46. The Morgan fingerprint density at radius 1 is 1.03 bits per heavy atom. The summed E-state index contributed by atoms with van der Waals surface area (Å²) in [5.74, 6) is 3.72. The van der Waals surface area contributed by atoms with Crippen molar-refractivity contribution in [3.63, 3.8) is 0 Å². The van der Waals surface area contributed by atoms with E-state index in [2.05, 4.69) is 46.8 Å². The zero-order chi connectivity index (χ0) is 20.6. The number of ether oxygens (including phenoxy) is 1. The summed E-state index contributed by atoms with van der Waals surface area (Å²) in [5, 5.41) is 10.2. The van der Waals surface area contributed by atoms with Gasteiger partial charge in [-0.25, -0.2) is 0 Å². The number of aliphatic hydroxyl groups excluding tert-OH is 1. The molecule has 3 saturated carbocycles. The number of hydrogen-bond donors (Lipinski definition) is 1. The molecule has 162 valence electrons. The van der Waals surface area contributed by atoms with Crippen LogP contribution in [-0.4, -0.2) is 23.4 Å². The van der Waals surface area contributed by atoms with Crippen LogP contribution >= 0.6 is 0 Å². The van der Waals surface area contributed by atoms with Crippen molar-refractivity contribution in [1.29, 1.82) is 0 Å². The highest BCUT2D eigenvalue weighted by atomic mass is 16.6. The molecule has 1 aliphatic heterocycles. The predicted octanol–water partition coefficient (Wildman–Crippen LogP) is 6.30. The van der Waals surface area contributed by atoms with E-state index < -0.39 is 0 Å². The van der Waals surface area contributed by atoms with Crippen molar-refractivity contribution < 1.29 is 9.84 Å². The van der Waals surface area contributed by atoms with Crippen LogP contribution in [0.25, 0.3) is 0 Å². The number of epoxide rings is 1. The molecule has 1 saturated heterocycles. The van der Waals surface area contributed by atoms with Gasteiger partial charge in [0, 0.05) is 0 Å². The summed E-state index contributed by atoms with van der Waals surface area (Å²) in [6, 6.07) is 0. The number of aliphatic hydroxyl groups is 1. The summed E-state index contributed by atoms with van der Waals surface area (Å²) in [6.45, 7) is 12.3. The maximum absolute atomic E-state index is 10.2. The van der Waals surface area contributed by atoms with Crippen LogP contribution in [0.3, 0.4) is 0 Å². The van der Waals surface area contributed by atoms with Gasteiger partial charge in [0.05, 0.1) is 18.3 Å². The fourth-order valence-electron chi connectivity index (χ4n) is 8.39. The first kappa shape index (κ1) is 20.3. The molecule has 5 rings (SSSR count). The molecule has 1 heterocycles. The zero-order valence-electron chi connectivity index (χ0n) is 19.3. The van der Waals surface area contributed by atoms with Crippen molar-refractivity contribution >= 4 is 0 Å². The normalized spacial score (nSPS) is 49.6. The van der Waals surface area contributed by atoms with Crippen LogP contribution in [0.5, 0.6) is 0 Å². The van der Waals surface area contributed by atoms with Crippen molar-refractivity contribution in [3.8, 4) is 0 Å². The summed E-state index contributed by atoms with van der Waals surface area (Å²) in [6.07, 6.45) is 15.6. The van der Waals surface area contributed by atoms with E-state index >= 15 is 0 Å². The smallest absolute Gasteiger partial charge is 0.0870 e. The van der Waals surface area contributed by atoms with Crippen molar-refractivity contribution in [1.82, 2.24) is 0 Å². The summed E-state index contributed by atoms with van der Waals surface area (Å²) < 4.78 is 6.18. The fraction of sp³-hybridized carbons (Fsp3) is 0.852. The van der Waals surface area contributed by atoms with Crippen LogP contribution in [0, 0.1) is 40.4 Å². The third kappa shape index (κ3) is 3.11. The minimum Gasteiger partial charge on any atom is -0.393 e. The summed E-state index contributed by atoms with van der Waals surface area (Å²) >= 11 is 0. The van der Waals surface area contributed by atoms with E-state index in [0.717, 1.165) is 37.0 Å². The van der Waals surface area contributed by atoms with Crippen LogP contribution in [0.2, 0.25) is 0 Å². The monoisotopic (exact) mass is 398 g/mol. The second kappa shape index (κ2) is 6.95. The van der Waals surface area contributed by atoms with Crippen molar-refractivity contribution in [2.45, 2.75) is 104 Å². The molecule has 0 aromatic heterocycles. The molecule has 0 radical (unpaired) electrons. The summed E-state index contributed by atoms with van der Waals surface area (Å²) in [7, 11) is 0. The van der Waals surface area contributed by atoms with E-state index in [0.29, 0.717) is 34.9 Å². The van der Waals surface area contributed by atoms with Crippen LogP contribution in [0.15, 0.2) is 23.3 Å². The van der Waals surface area contributed by atoms with E-state index in [4.69, 9.17) is 4.74 Å². The zero-order valence-corrected chi connectivity index (χ0v) is 19.3. The Morgan fingerprint density at radius 2 is 1.83 bits per heavy atom. The van der Waals surface area contributed by atoms with Crippen LogP contribution in [0.4, 0.5) is 0 Å². The Balaban J connectivity index is 1.37. The van der Waals surface area contributed by atoms with Crippen molar-refractivity contribution in [3.05, 3.63) is 23.3 Å². The highest BCUT2D eigenvalue weighted by Gasteiger charge is 2.59. The predicted molar refractivity (Wildman–Crippen MR) is 118 cm³/mol. The molecular weight excluding hydrogens is 356 g/mol. The third-order valence-corrected chi connectivity index (χ3v) is 10.1. The summed E-state index contributed by atoms with van der Waals surface area (Å²) in [5.41, 5.74) is 4.05. The van der Waals surface area contributed by atoms with Gasteiger partial charge in [-0.1, -0.05) is 57.9 Å². The molecule has 0 spiro atoms. The Hall–Kier alpha value is -0.600. The van der Waals surface area contributed by atoms with Crippen LogP contribution in [-0.2, 0) is 4.74 Å². The molecule has 4 aliphatic carbocycles. The molecule has 1 N–H and O–H groups in total. The standard InChI is InChI=1S/C27H42O2/c1-16(2)14-24-25(29-24)17(3)21-8-9-22-20-7-6-18-15-19(28)10-12-26(18,4)23(20)11-13-27(21,22)5/h6-7,16-17,19,21-25,28H,8-15H2,1-5H3/t17-,19?,21?,22?,23?,24?,25-,26?,27?/m0/s1. The molecule has 0 amide bonds. The fourth-order valence-corrected chi connectivity index (χ4v) is 8.39. The molecule has 2 heteroatoms. The molecule has 4 fully saturated rings. The first-order valence-electron chi connectivity index (χ1n) is 12.5. The van der Waals surface area contributed by atoms with Gasteiger partial charge in [-0.05, 0) is 91.8 Å². The quantitative estimate of drug-likeness (QED) is 0.564. The molecule has 7 unspecified atom stereocenters. The largest absolute Gasteiger partial charge is 0.393 e. The maximum atomic E-state index is 10.2. The van der Waals surface area contributed by atoms with Crippen molar-refractivity contribution in [2.75, 3.05) is 0 Å². The third-order valence-electron chi connectivity index (χ3n) is 10.1. The van der Waals surface area contributed by atoms with Crippen LogP contribution in [0.1, 0.15) is 86.0 Å². The summed E-state index contributed by atoms with van der Waals surface area (Å²) in [4.78, 5) is 0. The van der Waals surface area contributed by atoms with Gasteiger partial charge in [0.25, 0.3) is 0 Å². The molecule has 0 aromatic carbocycles. The number of allylic oxidation sites excluding steroid dienone is 3. The van der Waals surface area contributed by atoms with Gasteiger partial charge in [0.2, 0.25) is 0 Å². The Morgan fingerprint density at radius 3 is 2.59 bits per heavy atom. The minimum absolute atomic E-state index is 0.118. The van der Waals surface area contributed by atoms with Gasteiger partial charge in [0.15, 0.2) is 0 Å². The first-order chi connectivity index (χ1) is 13.7. The molecule has 0 bridgehead atoms. The number of hydrogen-bond acceptors (Lipinski definition) is 2. The first-order valence-corrected chi connectivity index (χ1v) is 12.5. The molecule has 29 heavy (non-hydrogen) atoms. The van der Waals surface area contributed by atoms with E-state index in [1.807, 2.05) is 0 Å². The van der Waals surface area contributed by atoms with Gasteiger partial charge in [-0.3, -0.25) is 0 Å². The lowest BCUT2D eigenvalue weighted by Gasteiger charge is -2.55. The van der Waals surface area contributed by atoms with Gasteiger partial charge < -0.3 is 9.84 Å². The van der Waals surface area contributed by atoms with E-state index in [1.165, 1.54) is 37.7 Å². The van der Waals surface area contributed by atoms with E-state index in [-0.39, 0.29) is 6.10 Å². The Labute approximate surface area is 178 Å². The van der Waals surface area contributed by atoms with Crippen molar-refractivity contribution in [2.24, 2.45) is 40.4 Å². The lowest BCUT2D eigenvalue weighted by molar-refractivity contribution is 0.0299. The van der Waals surface area contributed by atoms with Gasteiger partial charge in [-0.2, -0.15) is 0 Å². The highest BCUT2D eigenvalue weighted by Crippen LogP contribution is 2.66. The van der Waals surface area contributed by atoms with Gasteiger partial charge in [-0.15, -0.1) is 0 Å². The molecular formula is C27H42O2. The topological polar surface area (TPSA) is 32.8 Å². The minimum atomic E-state index is -0.118.